The third-order valence-electron chi connectivity index (χ3n) is 5.72. The van der Waals surface area contributed by atoms with Gasteiger partial charge in [-0.05, 0) is 79.2 Å². The predicted octanol–water partition coefficient (Wildman–Crippen LogP) is 7.29. The summed E-state index contributed by atoms with van der Waals surface area (Å²) in [6.07, 6.45) is 10.3. The van der Waals surface area contributed by atoms with E-state index < -0.39 is 5.82 Å². The van der Waals surface area contributed by atoms with E-state index >= 15 is 0 Å². The molecule has 1 saturated carbocycles. The van der Waals surface area contributed by atoms with Crippen LogP contribution in [0.3, 0.4) is 0 Å². The minimum atomic E-state index is -0.473. The van der Waals surface area contributed by atoms with E-state index in [-0.39, 0.29) is 5.56 Å². The van der Waals surface area contributed by atoms with Gasteiger partial charge >= 0.3 is 0 Å². The summed E-state index contributed by atoms with van der Waals surface area (Å²) in [6.45, 7) is 0. The lowest BCUT2D eigenvalue weighted by Crippen LogP contribution is -2.13. The molecule has 0 atom stereocenters. The van der Waals surface area contributed by atoms with Crippen LogP contribution in [-0.4, -0.2) is 0 Å². The molecular formula is C24H25F2N. The van der Waals surface area contributed by atoms with E-state index in [1.54, 1.807) is 12.1 Å². The zero-order valence-electron chi connectivity index (χ0n) is 15.5. The Kier molecular flexibility index (Phi) is 6.76. The monoisotopic (exact) mass is 365 g/mol. The minimum Gasteiger partial charge on any atom is -0.216 e. The van der Waals surface area contributed by atoms with Crippen LogP contribution < -0.4 is 0 Å². The van der Waals surface area contributed by atoms with E-state index in [1.807, 2.05) is 18.2 Å². The summed E-state index contributed by atoms with van der Waals surface area (Å²) in [4.78, 5) is 0. The summed E-state index contributed by atoms with van der Waals surface area (Å²) in [5, 5.41) is 8.84. The molecule has 0 unspecified atom stereocenters. The molecule has 0 aromatic heterocycles. The van der Waals surface area contributed by atoms with Gasteiger partial charge in [-0.2, -0.15) is 5.26 Å². The van der Waals surface area contributed by atoms with Gasteiger partial charge in [-0.1, -0.05) is 42.8 Å². The van der Waals surface area contributed by atoms with Crippen molar-refractivity contribution in [2.24, 2.45) is 5.92 Å². The molecule has 0 spiro atoms. The molecule has 0 saturated heterocycles. The standard InChI is InChI=1S/C24H25F2N/c25-15-3-1-2-4-18-5-7-19(8-6-18)20-9-11-21(12-10-20)22-13-14-23(17-27)24(26)16-22/h3,9-16,18-19H,1-2,4-8H2/t18-,19-. The average molecular weight is 365 g/mol. The zero-order valence-corrected chi connectivity index (χ0v) is 15.5. The Morgan fingerprint density at radius 2 is 1.70 bits per heavy atom. The van der Waals surface area contributed by atoms with Crippen LogP contribution in [-0.2, 0) is 0 Å². The first-order valence-electron chi connectivity index (χ1n) is 9.76. The van der Waals surface area contributed by atoms with Gasteiger partial charge in [0, 0.05) is 0 Å². The molecule has 0 bridgehead atoms. The summed E-state index contributed by atoms with van der Waals surface area (Å²) in [7, 11) is 0. The maximum absolute atomic E-state index is 13.8. The second-order valence-corrected chi connectivity index (χ2v) is 7.44. The van der Waals surface area contributed by atoms with Crippen molar-refractivity contribution in [2.45, 2.75) is 50.9 Å². The van der Waals surface area contributed by atoms with Crippen LogP contribution in [0.2, 0.25) is 0 Å². The quantitative estimate of drug-likeness (QED) is 0.493. The van der Waals surface area contributed by atoms with Crippen molar-refractivity contribution in [2.75, 3.05) is 0 Å². The summed E-state index contributed by atoms with van der Waals surface area (Å²) in [5.74, 6) is 0.897. The molecule has 2 aromatic rings. The van der Waals surface area contributed by atoms with Crippen LogP contribution in [0.25, 0.3) is 11.1 Å². The van der Waals surface area contributed by atoms with E-state index in [4.69, 9.17) is 5.26 Å². The van der Waals surface area contributed by atoms with Gasteiger partial charge in [-0.25, -0.2) is 8.78 Å². The summed E-state index contributed by atoms with van der Waals surface area (Å²) in [5.41, 5.74) is 3.19. The summed E-state index contributed by atoms with van der Waals surface area (Å²) < 4.78 is 25.8. The molecule has 3 rings (SSSR count). The number of rotatable bonds is 6. The van der Waals surface area contributed by atoms with Crippen molar-refractivity contribution in [3.8, 4) is 17.2 Å². The molecule has 0 aliphatic heterocycles. The third kappa shape index (κ3) is 5.04. The normalized spacial score (nSPS) is 19.9. The van der Waals surface area contributed by atoms with Gasteiger partial charge in [0.15, 0.2) is 0 Å². The molecular weight excluding hydrogens is 340 g/mol. The molecule has 1 aliphatic rings. The Labute approximate surface area is 160 Å². The molecule has 27 heavy (non-hydrogen) atoms. The molecule has 1 fully saturated rings. The Bertz CT molecular complexity index is 809. The van der Waals surface area contributed by atoms with Crippen LogP contribution in [0.1, 0.15) is 62.0 Å². The van der Waals surface area contributed by atoms with Gasteiger partial charge < -0.3 is 0 Å². The first kappa shape index (κ1) is 19.3. The van der Waals surface area contributed by atoms with Crippen LogP contribution in [0.15, 0.2) is 54.9 Å². The van der Waals surface area contributed by atoms with Gasteiger partial charge in [0.2, 0.25) is 0 Å². The van der Waals surface area contributed by atoms with Crippen molar-refractivity contribution in [3.05, 3.63) is 71.8 Å². The maximum atomic E-state index is 13.8. The molecule has 2 aromatic carbocycles. The number of hydrogen-bond acceptors (Lipinski definition) is 1. The SMILES string of the molecule is N#Cc1ccc(-c2ccc([C@H]3CC[C@H](CCCC=CF)CC3)cc2)cc1F. The molecule has 0 amide bonds. The Balaban J connectivity index is 1.57. The van der Waals surface area contributed by atoms with Crippen LogP contribution >= 0.6 is 0 Å². The largest absolute Gasteiger partial charge is 0.216 e. The fourth-order valence-corrected chi connectivity index (χ4v) is 4.10. The highest BCUT2D eigenvalue weighted by molar-refractivity contribution is 5.64. The van der Waals surface area contributed by atoms with Crippen molar-refractivity contribution < 1.29 is 8.78 Å². The Hall–Kier alpha value is -2.47. The van der Waals surface area contributed by atoms with E-state index in [2.05, 4.69) is 12.1 Å². The second kappa shape index (κ2) is 9.46. The first-order chi connectivity index (χ1) is 13.2. The average Bonchev–Trinajstić information content (AvgIpc) is 2.72. The highest BCUT2D eigenvalue weighted by Gasteiger charge is 2.22. The summed E-state index contributed by atoms with van der Waals surface area (Å²) >= 11 is 0. The molecule has 0 N–H and O–H groups in total. The predicted molar refractivity (Wildman–Crippen MR) is 105 cm³/mol. The number of hydrogen-bond donors (Lipinski definition) is 0. The number of nitrogens with zero attached hydrogens (tertiary/aromatic N) is 1. The topological polar surface area (TPSA) is 23.8 Å². The smallest absolute Gasteiger partial charge is 0.141 e. The highest BCUT2D eigenvalue weighted by Crippen LogP contribution is 2.38. The van der Waals surface area contributed by atoms with Crippen molar-refractivity contribution in [1.82, 2.24) is 0 Å². The number of benzene rings is 2. The number of unbranched alkanes of at least 4 members (excludes halogenated alkanes) is 1. The number of halogens is 2. The summed E-state index contributed by atoms with van der Waals surface area (Å²) in [6, 6.07) is 15.0. The number of nitriles is 1. The van der Waals surface area contributed by atoms with Gasteiger partial charge in [0.05, 0.1) is 11.9 Å². The van der Waals surface area contributed by atoms with Crippen molar-refractivity contribution in [1.29, 1.82) is 5.26 Å². The van der Waals surface area contributed by atoms with E-state index in [9.17, 15) is 8.78 Å². The van der Waals surface area contributed by atoms with E-state index in [0.29, 0.717) is 12.2 Å². The van der Waals surface area contributed by atoms with Crippen LogP contribution in [0, 0.1) is 23.1 Å². The van der Waals surface area contributed by atoms with Gasteiger partial charge in [0.25, 0.3) is 0 Å². The fraction of sp³-hybridized carbons (Fsp3) is 0.375. The second-order valence-electron chi connectivity index (χ2n) is 7.44. The van der Waals surface area contributed by atoms with Crippen LogP contribution in [0.4, 0.5) is 8.78 Å². The van der Waals surface area contributed by atoms with Gasteiger partial charge in [-0.3, -0.25) is 0 Å². The molecule has 1 nitrogen and oxygen atoms in total. The van der Waals surface area contributed by atoms with Gasteiger partial charge in [-0.15, -0.1) is 0 Å². The Morgan fingerprint density at radius 3 is 2.33 bits per heavy atom. The lowest BCUT2D eigenvalue weighted by Gasteiger charge is -2.29. The zero-order chi connectivity index (χ0) is 19.1. The lowest BCUT2D eigenvalue weighted by molar-refractivity contribution is 0.305. The molecule has 140 valence electrons. The molecule has 3 heteroatoms. The molecule has 1 aliphatic carbocycles. The Morgan fingerprint density at radius 1 is 1.00 bits per heavy atom. The lowest BCUT2D eigenvalue weighted by atomic mass is 9.77. The van der Waals surface area contributed by atoms with Gasteiger partial charge in [0.1, 0.15) is 11.9 Å². The highest BCUT2D eigenvalue weighted by atomic mass is 19.1. The van der Waals surface area contributed by atoms with Crippen LogP contribution in [0.5, 0.6) is 0 Å². The third-order valence-corrected chi connectivity index (χ3v) is 5.72. The number of allylic oxidation sites excluding steroid dienone is 1. The molecule has 0 heterocycles. The fourth-order valence-electron chi connectivity index (χ4n) is 4.10. The molecule has 0 radical (unpaired) electrons. The van der Waals surface area contributed by atoms with E-state index in [1.165, 1.54) is 49.8 Å². The van der Waals surface area contributed by atoms with Crippen molar-refractivity contribution >= 4 is 0 Å². The minimum absolute atomic E-state index is 0.0767. The van der Waals surface area contributed by atoms with E-state index in [0.717, 1.165) is 29.9 Å². The first-order valence-corrected chi connectivity index (χ1v) is 9.76. The van der Waals surface area contributed by atoms with Crippen molar-refractivity contribution in [3.63, 3.8) is 0 Å². The maximum Gasteiger partial charge on any atom is 0.141 e.